The first kappa shape index (κ1) is 37.6. The number of ether oxygens (including phenoxy) is 3. The average Bonchev–Trinajstić information content (AvgIpc) is 3.24. The number of amides is 1. The first-order valence-corrected chi connectivity index (χ1v) is 18.9. The van der Waals surface area contributed by atoms with Crippen molar-refractivity contribution in [3.63, 3.8) is 0 Å². The van der Waals surface area contributed by atoms with Crippen LogP contribution < -0.4 is 14.4 Å². The standard InChI is InChI=1S/C36H51ClN2O5S.CH4O/c1-5-7-26-18-31(37)12-14-32(26)30-21-39-20-28-10-13-33(28)29(22-43-17-16-42-4)9-6-8-24(2)25(3)45(41)38-36(40)27-11-15-35(44-23-30)34(39)19-27;1-2/h11-12,14-15,18-19,24-25,28-30,33H,5-10,13,16-17,20-23H2,1-4H3,(H,38,40);2H,1H3. The molecular weight excluding hydrogens is 636 g/mol. The Balaban J connectivity index is 0.00000245. The molecule has 7 unspecified atom stereocenters. The Morgan fingerprint density at radius 3 is 2.60 bits per heavy atom. The summed E-state index contributed by atoms with van der Waals surface area (Å²) in [6.45, 7) is 10.5. The normalized spacial score (nSPS) is 28.0. The van der Waals surface area contributed by atoms with E-state index in [1.165, 1.54) is 24.0 Å². The number of methoxy groups -OCH3 is 1. The first-order valence-electron chi connectivity index (χ1n) is 17.3. The Morgan fingerprint density at radius 2 is 1.87 bits per heavy atom. The monoisotopic (exact) mass is 690 g/mol. The molecular formula is C37H55ClN2O6S. The van der Waals surface area contributed by atoms with Gasteiger partial charge in [0.15, 0.2) is 0 Å². The number of carbonyl (C=O) groups excluding carboxylic acids is 1. The Kier molecular flexibility index (Phi) is 14.9. The van der Waals surface area contributed by atoms with E-state index in [2.05, 4.69) is 35.6 Å². The maximum atomic E-state index is 13.4. The Morgan fingerprint density at radius 1 is 1.06 bits per heavy atom. The van der Waals surface area contributed by atoms with Gasteiger partial charge in [-0.25, -0.2) is 4.21 Å². The van der Waals surface area contributed by atoms with Gasteiger partial charge in [0.25, 0.3) is 5.91 Å². The third-order valence-corrected chi connectivity index (χ3v) is 12.1. The lowest BCUT2D eigenvalue weighted by Gasteiger charge is -2.45. The summed E-state index contributed by atoms with van der Waals surface area (Å²) in [5.74, 6) is 2.44. The van der Waals surface area contributed by atoms with Crippen molar-refractivity contribution in [2.45, 2.75) is 76.9 Å². The topological polar surface area (TPSA) is 97.3 Å². The number of nitrogens with one attached hydrogen (secondary N) is 1. The largest absolute Gasteiger partial charge is 0.491 e. The van der Waals surface area contributed by atoms with Gasteiger partial charge in [0.05, 0.1) is 30.8 Å². The maximum Gasteiger partial charge on any atom is 0.263 e. The summed E-state index contributed by atoms with van der Waals surface area (Å²) >= 11 is 6.44. The number of rotatable bonds is 8. The van der Waals surface area contributed by atoms with Crippen molar-refractivity contribution in [2.24, 2.45) is 23.7 Å². The van der Waals surface area contributed by atoms with E-state index in [9.17, 15) is 9.00 Å². The number of nitrogens with zero attached hydrogens (tertiary/aromatic N) is 1. The predicted octanol–water partition coefficient (Wildman–Crippen LogP) is 6.79. The van der Waals surface area contributed by atoms with Crippen molar-refractivity contribution in [2.75, 3.05) is 58.6 Å². The van der Waals surface area contributed by atoms with E-state index in [0.717, 1.165) is 75.4 Å². The zero-order valence-corrected chi connectivity index (χ0v) is 30.4. The molecule has 1 amide bonds. The highest BCUT2D eigenvalue weighted by Gasteiger charge is 2.39. The molecule has 262 valence electrons. The van der Waals surface area contributed by atoms with E-state index < -0.39 is 11.0 Å². The van der Waals surface area contributed by atoms with Gasteiger partial charge in [-0.3, -0.25) is 9.52 Å². The molecule has 8 nitrogen and oxygen atoms in total. The van der Waals surface area contributed by atoms with Crippen LogP contribution in [0.3, 0.4) is 0 Å². The van der Waals surface area contributed by atoms with Gasteiger partial charge in [0.1, 0.15) is 16.7 Å². The molecule has 0 radical (unpaired) electrons. The van der Waals surface area contributed by atoms with Crippen molar-refractivity contribution < 1.29 is 28.3 Å². The fraction of sp³-hybridized carbons (Fsp3) is 0.649. The zero-order valence-electron chi connectivity index (χ0n) is 28.8. The Hall–Kier alpha value is -2.17. The van der Waals surface area contributed by atoms with Crippen LogP contribution in [0.5, 0.6) is 5.75 Å². The number of aryl methyl sites for hydroxylation is 1. The van der Waals surface area contributed by atoms with Crippen LogP contribution in [0.1, 0.15) is 86.7 Å². The Bertz CT molecular complexity index is 1330. The number of benzene rings is 2. The number of carbonyl (C=O) groups is 1. The van der Waals surface area contributed by atoms with Gasteiger partial charge >= 0.3 is 0 Å². The van der Waals surface area contributed by atoms with Gasteiger partial charge in [-0.15, -0.1) is 0 Å². The molecule has 3 aliphatic rings. The molecule has 1 saturated carbocycles. The van der Waals surface area contributed by atoms with Crippen LogP contribution in [-0.2, 0) is 26.9 Å². The lowest BCUT2D eigenvalue weighted by Crippen LogP contribution is -2.44. The van der Waals surface area contributed by atoms with E-state index in [-0.39, 0.29) is 23.0 Å². The number of fused-ring (bicyclic) bond motifs is 2. The van der Waals surface area contributed by atoms with Gasteiger partial charge < -0.3 is 24.2 Å². The molecule has 0 aromatic heterocycles. The fourth-order valence-electron chi connectivity index (χ4n) is 7.37. The second-order valence-electron chi connectivity index (χ2n) is 13.4. The van der Waals surface area contributed by atoms with Gasteiger partial charge in [-0.05, 0) is 104 Å². The van der Waals surface area contributed by atoms with Crippen LogP contribution in [0, 0.1) is 23.7 Å². The molecule has 7 atom stereocenters. The number of anilines is 1. The van der Waals surface area contributed by atoms with E-state index in [1.54, 1.807) is 13.2 Å². The molecule has 10 heteroatoms. The summed E-state index contributed by atoms with van der Waals surface area (Å²) in [6, 6.07) is 11.9. The summed E-state index contributed by atoms with van der Waals surface area (Å²) in [6.07, 6.45) is 7.51. The molecule has 0 saturated heterocycles. The maximum absolute atomic E-state index is 13.4. The molecule has 2 aromatic rings. The van der Waals surface area contributed by atoms with Crippen LogP contribution in [0.25, 0.3) is 0 Å². The lowest BCUT2D eigenvalue weighted by molar-refractivity contribution is 0.00236. The smallest absolute Gasteiger partial charge is 0.263 e. The van der Waals surface area contributed by atoms with E-state index in [1.807, 2.05) is 25.1 Å². The number of hydrogen-bond donors (Lipinski definition) is 2. The number of aliphatic hydroxyl groups excluding tert-OH is 1. The second-order valence-corrected chi connectivity index (χ2v) is 15.3. The highest BCUT2D eigenvalue weighted by atomic mass is 35.5. The second kappa shape index (κ2) is 18.6. The van der Waals surface area contributed by atoms with Crippen molar-refractivity contribution in [1.29, 1.82) is 0 Å². The quantitative estimate of drug-likeness (QED) is 0.295. The van der Waals surface area contributed by atoms with Crippen LogP contribution >= 0.6 is 11.6 Å². The molecule has 5 rings (SSSR count). The summed E-state index contributed by atoms with van der Waals surface area (Å²) in [4.78, 5) is 15.9. The van der Waals surface area contributed by atoms with Crippen molar-refractivity contribution in [3.05, 3.63) is 58.1 Å². The van der Waals surface area contributed by atoms with Crippen LogP contribution in [0.4, 0.5) is 5.69 Å². The van der Waals surface area contributed by atoms with Crippen molar-refractivity contribution >= 4 is 34.2 Å². The van der Waals surface area contributed by atoms with Crippen molar-refractivity contribution in [3.8, 4) is 5.75 Å². The highest BCUT2D eigenvalue weighted by Crippen LogP contribution is 2.45. The number of hydrogen-bond acceptors (Lipinski definition) is 7. The molecule has 47 heavy (non-hydrogen) atoms. The Labute approximate surface area is 289 Å². The SMILES string of the molecule is CCCc1cc(Cl)ccc1C1COc2ccc3cc2N(C1)CC1CCC1C(COCCOC)CCCC(C)C(C)S(=O)NC3=O.CO. The minimum atomic E-state index is -1.48. The van der Waals surface area contributed by atoms with E-state index >= 15 is 0 Å². The highest BCUT2D eigenvalue weighted by molar-refractivity contribution is 7.84. The molecule has 1 fully saturated rings. The summed E-state index contributed by atoms with van der Waals surface area (Å²) < 4.78 is 34.0. The first-order chi connectivity index (χ1) is 22.8. The third-order valence-electron chi connectivity index (χ3n) is 10.4. The van der Waals surface area contributed by atoms with Crippen molar-refractivity contribution in [1.82, 2.24) is 4.72 Å². The molecule has 2 N–H and O–H groups in total. The van der Waals surface area contributed by atoms with E-state index in [0.29, 0.717) is 43.1 Å². The molecule has 2 aromatic carbocycles. The summed E-state index contributed by atoms with van der Waals surface area (Å²) in [5, 5.41) is 7.62. The predicted molar refractivity (Wildman–Crippen MR) is 191 cm³/mol. The zero-order chi connectivity index (χ0) is 33.9. The third kappa shape index (κ3) is 9.72. The average molecular weight is 691 g/mol. The summed E-state index contributed by atoms with van der Waals surface area (Å²) in [7, 11) is 1.23. The van der Waals surface area contributed by atoms with Gasteiger partial charge in [0, 0.05) is 50.4 Å². The van der Waals surface area contributed by atoms with Crippen LogP contribution in [0.2, 0.25) is 5.02 Å². The minimum absolute atomic E-state index is 0.146. The van der Waals surface area contributed by atoms with Crippen LogP contribution in [0.15, 0.2) is 36.4 Å². The minimum Gasteiger partial charge on any atom is -0.491 e. The van der Waals surface area contributed by atoms with Gasteiger partial charge in [-0.2, -0.15) is 0 Å². The number of halogens is 1. The summed E-state index contributed by atoms with van der Waals surface area (Å²) in [5.41, 5.74) is 4.01. The molecule has 1 aliphatic carbocycles. The fourth-order valence-corrected chi connectivity index (χ4v) is 8.61. The van der Waals surface area contributed by atoms with Gasteiger partial charge in [-0.1, -0.05) is 44.4 Å². The number of aliphatic hydroxyl groups is 1. The molecule has 2 heterocycles. The molecule has 0 spiro atoms. The molecule has 2 bridgehead atoms. The van der Waals surface area contributed by atoms with Crippen LogP contribution in [-0.4, -0.2) is 74.2 Å². The molecule has 2 aliphatic heterocycles. The van der Waals surface area contributed by atoms with E-state index in [4.69, 9.17) is 30.9 Å². The van der Waals surface area contributed by atoms with Gasteiger partial charge in [0.2, 0.25) is 0 Å². The lowest BCUT2D eigenvalue weighted by atomic mass is 9.65.